The number of hydrogen-bond donors (Lipinski definition) is 2. The molecule has 1 aromatic rings. The van der Waals surface area contributed by atoms with Crippen molar-refractivity contribution >= 4 is 11.6 Å². The molecular weight excluding hydrogens is 260 g/mol. The summed E-state index contributed by atoms with van der Waals surface area (Å²) < 4.78 is 0. The molecule has 21 heavy (non-hydrogen) atoms. The highest BCUT2D eigenvalue weighted by Crippen LogP contribution is 2.55. The summed E-state index contributed by atoms with van der Waals surface area (Å²) in [5, 5.41) is 3.42. The predicted molar refractivity (Wildman–Crippen MR) is 84.0 cm³/mol. The molecule has 0 unspecified atom stereocenters. The van der Waals surface area contributed by atoms with Crippen molar-refractivity contribution in [2.24, 2.45) is 17.8 Å². The fourth-order valence-electron chi connectivity index (χ4n) is 5.51. The zero-order valence-corrected chi connectivity index (χ0v) is 12.7. The summed E-state index contributed by atoms with van der Waals surface area (Å²) in [6, 6.07) is 5.57. The van der Waals surface area contributed by atoms with Gasteiger partial charge in [-0.3, -0.25) is 4.79 Å². The zero-order chi connectivity index (χ0) is 14.6. The molecule has 0 heterocycles. The summed E-state index contributed by atoms with van der Waals surface area (Å²) in [4.78, 5) is 12.7. The fraction of sp³-hybridized carbons (Fsp3) is 0.611. The van der Waals surface area contributed by atoms with Gasteiger partial charge < -0.3 is 11.1 Å². The third-order valence-corrected chi connectivity index (χ3v) is 5.91. The molecule has 1 aromatic carbocycles. The maximum atomic E-state index is 12.7. The number of nitrogens with one attached hydrogen (secondary N) is 1. The molecule has 1 amide bonds. The van der Waals surface area contributed by atoms with Crippen molar-refractivity contribution in [1.82, 2.24) is 5.32 Å². The Morgan fingerprint density at radius 1 is 1.14 bits per heavy atom. The van der Waals surface area contributed by atoms with Crippen molar-refractivity contribution in [2.75, 3.05) is 5.73 Å². The molecule has 4 bridgehead atoms. The highest BCUT2D eigenvalue weighted by Gasteiger charge is 2.51. The second kappa shape index (κ2) is 4.49. The number of benzene rings is 1. The van der Waals surface area contributed by atoms with E-state index in [9.17, 15) is 4.79 Å². The van der Waals surface area contributed by atoms with Gasteiger partial charge in [0.25, 0.3) is 5.91 Å². The molecule has 112 valence electrons. The summed E-state index contributed by atoms with van der Waals surface area (Å²) in [7, 11) is 0. The SMILES string of the molecule is Cc1cc(N)ccc1C(=O)NC12CC3CC(CC(C3)C1)C2. The standard InChI is InChI=1S/C18H24N2O/c1-11-4-15(19)2-3-16(11)17(21)20-18-8-12-5-13(9-18)7-14(6-12)10-18/h2-4,12-14H,5-10,19H2,1H3,(H,20,21). The van der Waals surface area contributed by atoms with Gasteiger partial charge in [-0.15, -0.1) is 0 Å². The lowest BCUT2D eigenvalue weighted by Gasteiger charge is -2.56. The van der Waals surface area contributed by atoms with E-state index in [1.54, 1.807) is 0 Å². The Kier molecular flexibility index (Phi) is 2.82. The van der Waals surface area contributed by atoms with Crippen LogP contribution in [0.3, 0.4) is 0 Å². The number of carbonyl (C=O) groups is 1. The number of carbonyl (C=O) groups excluding carboxylic acids is 1. The number of nitrogen functional groups attached to an aromatic ring is 1. The van der Waals surface area contributed by atoms with Crippen molar-refractivity contribution in [1.29, 1.82) is 0 Å². The topological polar surface area (TPSA) is 55.1 Å². The minimum absolute atomic E-state index is 0.0830. The van der Waals surface area contributed by atoms with Crippen LogP contribution in [0.4, 0.5) is 5.69 Å². The van der Waals surface area contributed by atoms with Crippen molar-refractivity contribution < 1.29 is 4.79 Å². The summed E-state index contributed by atoms with van der Waals surface area (Å²) in [6.07, 6.45) is 7.78. The molecule has 3 N–H and O–H groups in total. The minimum atomic E-state index is 0.0830. The Balaban J connectivity index is 1.57. The quantitative estimate of drug-likeness (QED) is 0.819. The highest BCUT2D eigenvalue weighted by molar-refractivity contribution is 5.96. The van der Waals surface area contributed by atoms with Crippen molar-refractivity contribution in [3.8, 4) is 0 Å². The predicted octanol–water partition coefficient (Wildman–Crippen LogP) is 3.28. The molecule has 0 aromatic heterocycles. The molecule has 4 fully saturated rings. The summed E-state index contributed by atoms with van der Waals surface area (Å²) in [5.41, 5.74) is 8.34. The van der Waals surface area contributed by atoms with Gasteiger partial charge in [-0.2, -0.15) is 0 Å². The molecule has 5 rings (SSSR count). The minimum Gasteiger partial charge on any atom is -0.399 e. The first kappa shape index (κ1) is 13.2. The normalized spacial score (nSPS) is 36.7. The lowest BCUT2D eigenvalue weighted by molar-refractivity contribution is -0.0167. The summed E-state index contributed by atoms with van der Waals surface area (Å²) >= 11 is 0. The molecule has 0 aliphatic heterocycles. The number of anilines is 1. The van der Waals surface area contributed by atoms with Crippen molar-refractivity contribution in [2.45, 2.75) is 51.0 Å². The van der Waals surface area contributed by atoms with Gasteiger partial charge in [0.05, 0.1) is 0 Å². The largest absolute Gasteiger partial charge is 0.399 e. The zero-order valence-electron chi connectivity index (χ0n) is 12.7. The van der Waals surface area contributed by atoms with Crippen molar-refractivity contribution in [3.63, 3.8) is 0 Å². The van der Waals surface area contributed by atoms with Gasteiger partial charge in [0.1, 0.15) is 0 Å². The van der Waals surface area contributed by atoms with E-state index >= 15 is 0 Å². The second-order valence-corrected chi connectivity index (χ2v) is 7.73. The number of hydrogen-bond acceptors (Lipinski definition) is 2. The Morgan fingerprint density at radius 2 is 1.71 bits per heavy atom. The maximum absolute atomic E-state index is 12.7. The van der Waals surface area contributed by atoms with Gasteiger partial charge in [0.2, 0.25) is 0 Å². The number of nitrogens with two attached hydrogens (primary N) is 1. The van der Waals surface area contributed by atoms with E-state index in [4.69, 9.17) is 5.73 Å². The van der Waals surface area contributed by atoms with E-state index in [1.807, 2.05) is 25.1 Å². The van der Waals surface area contributed by atoms with Crippen LogP contribution in [-0.2, 0) is 0 Å². The Morgan fingerprint density at radius 3 is 2.24 bits per heavy atom. The Labute approximate surface area is 126 Å². The molecule has 4 aliphatic carbocycles. The van der Waals surface area contributed by atoms with Crippen LogP contribution in [0.1, 0.15) is 54.4 Å². The molecule has 3 heteroatoms. The first-order valence-electron chi connectivity index (χ1n) is 8.22. The van der Waals surface area contributed by atoms with Gasteiger partial charge >= 0.3 is 0 Å². The van der Waals surface area contributed by atoms with E-state index in [1.165, 1.54) is 38.5 Å². The first-order valence-corrected chi connectivity index (χ1v) is 8.22. The van der Waals surface area contributed by atoms with Crippen LogP contribution in [-0.4, -0.2) is 11.4 Å². The van der Waals surface area contributed by atoms with Gasteiger partial charge in [0, 0.05) is 16.8 Å². The van der Waals surface area contributed by atoms with Crippen LogP contribution in [0, 0.1) is 24.7 Å². The van der Waals surface area contributed by atoms with Gasteiger partial charge in [-0.1, -0.05) is 0 Å². The monoisotopic (exact) mass is 284 g/mol. The third kappa shape index (κ3) is 2.23. The van der Waals surface area contributed by atoms with Crippen LogP contribution in [0.25, 0.3) is 0 Å². The van der Waals surface area contributed by atoms with Gasteiger partial charge in [0.15, 0.2) is 0 Å². The van der Waals surface area contributed by atoms with Crippen LogP contribution in [0.15, 0.2) is 18.2 Å². The summed E-state index contributed by atoms with van der Waals surface area (Å²) in [6.45, 7) is 1.96. The van der Waals surface area contributed by atoms with Crippen LogP contribution in [0.5, 0.6) is 0 Å². The lowest BCUT2D eigenvalue weighted by atomic mass is 9.53. The van der Waals surface area contributed by atoms with Crippen LogP contribution in [0.2, 0.25) is 0 Å². The maximum Gasteiger partial charge on any atom is 0.251 e. The average molecular weight is 284 g/mol. The van der Waals surface area contributed by atoms with Gasteiger partial charge in [-0.25, -0.2) is 0 Å². The van der Waals surface area contributed by atoms with E-state index in [0.717, 1.165) is 34.6 Å². The highest BCUT2D eigenvalue weighted by atomic mass is 16.1. The van der Waals surface area contributed by atoms with Crippen LogP contribution < -0.4 is 11.1 Å². The summed E-state index contributed by atoms with van der Waals surface area (Å²) in [5.74, 6) is 2.65. The molecule has 0 atom stereocenters. The van der Waals surface area contributed by atoms with Crippen molar-refractivity contribution in [3.05, 3.63) is 29.3 Å². The number of amides is 1. The molecule has 0 spiro atoms. The molecule has 4 saturated carbocycles. The first-order chi connectivity index (χ1) is 10.0. The second-order valence-electron chi connectivity index (χ2n) is 7.73. The van der Waals surface area contributed by atoms with E-state index in [-0.39, 0.29) is 11.4 Å². The Bertz CT molecular complexity index is 558. The van der Waals surface area contributed by atoms with E-state index < -0.39 is 0 Å². The van der Waals surface area contributed by atoms with Crippen LogP contribution >= 0.6 is 0 Å². The average Bonchev–Trinajstić information content (AvgIpc) is 2.35. The van der Waals surface area contributed by atoms with E-state index in [0.29, 0.717) is 0 Å². The smallest absolute Gasteiger partial charge is 0.251 e. The molecule has 3 nitrogen and oxygen atoms in total. The third-order valence-electron chi connectivity index (χ3n) is 5.91. The molecule has 0 radical (unpaired) electrons. The number of rotatable bonds is 2. The fourth-order valence-corrected chi connectivity index (χ4v) is 5.51. The lowest BCUT2D eigenvalue weighted by Crippen LogP contribution is -2.59. The Hall–Kier alpha value is -1.51. The van der Waals surface area contributed by atoms with E-state index in [2.05, 4.69) is 5.32 Å². The molecular formula is C18H24N2O. The number of aryl methyl sites for hydroxylation is 1. The molecule has 4 aliphatic rings. The van der Waals surface area contributed by atoms with Gasteiger partial charge in [-0.05, 0) is 87.0 Å². The molecule has 0 saturated heterocycles.